The molecule has 0 radical (unpaired) electrons. The first-order valence-electron chi connectivity index (χ1n) is 8.80. The second-order valence-electron chi connectivity index (χ2n) is 6.74. The molecule has 3 aromatic rings. The van der Waals surface area contributed by atoms with Crippen LogP contribution in [0.2, 0.25) is 0 Å². The van der Waals surface area contributed by atoms with Crippen molar-refractivity contribution in [2.75, 3.05) is 5.32 Å². The van der Waals surface area contributed by atoms with Crippen molar-refractivity contribution in [3.63, 3.8) is 0 Å². The van der Waals surface area contributed by atoms with Gasteiger partial charge in [-0.1, -0.05) is 30.3 Å². The fourth-order valence-corrected chi connectivity index (χ4v) is 3.47. The number of aromatic nitrogens is 2. The number of fused-ring (bicyclic) bond motifs is 2. The Kier molecular flexibility index (Phi) is 4.27. The second kappa shape index (κ2) is 6.77. The lowest BCUT2D eigenvalue weighted by Gasteiger charge is -2.10. The quantitative estimate of drug-likeness (QED) is 0.671. The molecule has 2 N–H and O–H groups in total. The molecule has 1 unspecified atom stereocenters. The van der Waals surface area contributed by atoms with Gasteiger partial charge in [0, 0.05) is 11.7 Å². The summed E-state index contributed by atoms with van der Waals surface area (Å²) in [6.45, 7) is 1.98. The molecular formula is C21H17N3O4. The molecule has 0 saturated heterocycles. The summed E-state index contributed by atoms with van der Waals surface area (Å²) in [5.74, 6) is -2.13. The van der Waals surface area contributed by atoms with E-state index in [0.717, 1.165) is 11.1 Å². The van der Waals surface area contributed by atoms with Crippen LogP contribution in [0.3, 0.4) is 0 Å². The highest BCUT2D eigenvalue weighted by Gasteiger charge is 2.26. The lowest BCUT2D eigenvalue weighted by atomic mass is 10.1. The van der Waals surface area contributed by atoms with Crippen LogP contribution < -0.4 is 10.9 Å². The highest BCUT2D eigenvalue weighted by molar-refractivity contribution is 6.36. The van der Waals surface area contributed by atoms with Crippen LogP contribution in [0.25, 0.3) is 22.6 Å². The van der Waals surface area contributed by atoms with Gasteiger partial charge in [0.05, 0.1) is 10.9 Å². The Hall–Kier alpha value is -3.74. The van der Waals surface area contributed by atoms with Crippen LogP contribution in [0.4, 0.5) is 5.69 Å². The number of hydrogen-bond donors (Lipinski definition) is 2. The van der Waals surface area contributed by atoms with Crippen molar-refractivity contribution in [2.45, 2.75) is 19.4 Å². The molecule has 7 heteroatoms. The predicted octanol–water partition coefficient (Wildman–Crippen LogP) is 2.92. The molecule has 28 heavy (non-hydrogen) atoms. The molecule has 1 atom stereocenters. The Bertz CT molecular complexity index is 1200. The molecule has 2 aromatic carbocycles. The molecule has 1 aliphatic rings. The monoisotopic (exact) mass is 375 g/mol. The minimum atomic E-state index is -1.58. The number of hydrogen-bond acceptors (Lipinski definition) is 4. The summed E-state index contributed by atoms with van der Waals surface area (Å²) >= 11 is 0. The van der Waals surface area contributed by atoms with E-state index in [9.17, 15) is 14.4 Å². The predicted molar refractivity (Wildman–Crippen MR) is 106 cm³/mol. The van der Waals surface area contributed by atoms with E-state index >= 15 is 0 Å². The minimum absolute atomic E-state index is 0.0132. The summed E-state index contributed by atoms with van der Waals surface area (Å²) in [6.07, 6.45) is 2.71. The van der Waals surface area contributed by atoms with Gasteiger partial charge in [-0.25, -0.2) is 9.78 Å². The summed E-state index contributed by atoms with van der Waals surface area (Å²) in [7, 11) is 0. The van der Waals surface area contributed by atoms with Crippen LogP contribution in [-0.2, 0) is 9.59 Å². The zero-order chi connectivity index (χ0) is 19.8. The topological polar surface area (TPSA) is 101 Å². The lowest BCUT2D eigenvalue weighted by molar-refractivity contribution is -0.147. The number of carbonyl (C=O) groups is 2. The molecular weight excluding hydrogens is 358 g/mol. The minimum Gasteiger partial charge on any atom is -0.474 e. The molecule has 140 valence electrons. The number of carbonyl (C=O) groups excluding carboxylic acids is 1. The van der Waals surface area contributed by atoms with Gasteiger partial charge < -0.3 is 10.4 Å². The van der Waals surface area contributed by atoms with E-state index in [-0.39, 0.29) is 17.3 Å². The van der Waals surface area contributed by atoms with Gasteiger partial charge in [-0.2, -0.15) is 0 Å². The standard InChI is InChI=1S/C21H17N3O4/c1-12-9-14(10-13-5-3-2-4-6-13)18-23-17-11-15(22-19(25)21(27)28)7-8-16(17)20(26)24(12)18/h2-8,10-12H,9H2,1H3,(H,22,25)(H,27,28). The Morgan fingerprint density at radius 3 is 2.68 bits per heavy atom. The Morgan fingerprint density at radius 1 is 1.21 bits per heavy atom. The van der Waals surface area contributed by atoms with Gasteiger partial charge in [0.15, 0.2) is 0 Å². The zero-order valence-corrected chi connectivity index (χ0v) is 15.0. The second-order valence-corrected chi connectivity index (χ2v) is 6.74. The van der Waals surface area contributed by atoms with Crippen molar-refractivity contribution < 1.29 is 14.7 Å². The number of carboxylic acids is 1. The third-order valence-electron chi connectivity index (χ3n) is 4.74. The van der Waals surface area contributed by atoms with Crippen molar-refractivity contribution in [3.05, 3.63) is 70.3 Å². The molecule has 1 aliphatic heterocycles. The van der Waals surface area contributed by atoms with E-state index in [4.69, 9.17) is 5.11 Å². The van der Waals surface area contributed by atoms with Gasteiger partial charge in [0.1, 0.15) is 5.82 Å². The first-order valence-corrected chi connectivity index (χ1v) is 8.80. The van der Waals surface area contributed by atoms with Crippen molar-refractivity contribution in [2.24, 2.45) is 0 Å². The van der Waals surface area contributed by atoms with Gasteiger partial charge in [0.25, 0.3) is 5.56 Å². The van der Waals surface area contributed by atoms with E-state index in [0.29, 0.717) is 23.1 Å². The molecule has 4 rings (SSSR count). The molecule has 7 nitrogen and oxygen atoms in total. The molecule has 1 amide bonds. The van der Waals surface area contributed by atoms with E-state index in [1.165, 1.54) is 12.1 Å². The number of carboxylic acid groups (broad SMARTS) is 1. The van der Waals surface area contributed by atoms with Gasteiger partial charge in [-0.05, 0) is 48.8 Å². The van der Waals surface area contributed by atoms with E-state index in [1.807, 2.05) is 43.3 Å². The van der Waals surface area contributed by atoms with Crippen molar-refractivity contribution >= 4 is 40.1 Å². The normalized spacial score (nSPS) is 16.9. The molecule has 0 saturated carbocycles. The smallest absolute Gasteiger partial charge is 0.394 e. The molecule has 0 bridgehead atoms. The van der Waals surface area contributed by atoms with Crippen molar-refractivity contribution in [3.8, 4) is 0 Å². The summed E-state index contributed by atoms with van der Waals surface area (Å²) in [4.78, 5) is 39.8. The molecule has 0 aliphatic carbocycles. The van der Waals surface area contributed by atoms with Crippen molar-refractivity contribution in [1.82, 2.24) is 9.55 Å². The first-order chi connectivity index (χ1) is 13.4. The maximum absolute atomic E-state index is 13.0. The van der Waals surface area contributed by atoms with Crippen molar-refractivity contribution in [1.29, 1.82) is 0 Å². The molecule has 2 heterocycles. The lowest BCUT2D eigenvalue weighted by Crippen LogP contribution is -2.24. The Labute approximate surface area is 160 Å². The van der Waals surface area contributed by atoms with Crippen LogP contribution in [0.1, 0.15) is 30.8 Å². The number of nitrogens with zero attached hydrogens (tertiary/aromatic N) is 2. The van der Waals surface area contributed by atoms with Crippen LogP contribution in [-0.4, -0.2) is 26.5 Å². The number of rotatable bonds is 2. The number of anilines is 1. The Morgan fingerprint density at radius 2 is 1.96 bits per heavy atom. The number of amides is 1. The SMILES string of the molecule is CC1CC(=Cc2ccccc2)c2nc3cc(NC(=O)C(=O)O)ccc3c(=O)n21. The first kappa shape index (κ1) is 17.7. The third-order valence-corrected chi connectivity index (χ3v) is 4.74. The van der Waals surface area contributed by atoms with Crippen LogP contribution >= 0.6 is 0 Å². The average Bonchev–Trinajstić information content (AvgIpc) is 2.98. The fraction of sp³-hybridized carbons (Fsp3) is 0.143. The molecule has 0 spiro atoms. The maximum atomic E-state index is 13.0. The highest BCUT2D eigenvalue weighted by atomic mass is 16.4. The van der Waals surface area contributed by atoms with Crippen LogP contribution in [0, 0.1) is 0 Å². The number of allylic oxidation sites excluding steroid dienone is 1. The average molecular weight is 375 g/mol. The highest BCUT2D eigenvalue weighted by Crippen LogP contribution is 2.34. The van der Waals surface area contributed by atoms with Gasteiger partial charge in [-0.15, -0.1) is 0 Å². The number of benzene rings is 2. The van der Waals surface area contributed by atoms with Gasteiger partial charge >= 0.3 is 11.9 Å². The van der Waals surface area contributed by atoms with Crippen LogP contribution in [0.15, 0.2) is 53.3 Å². The number of aliphatic carboxylic acids is 1. The van der Waals surface area contributed by atoms with Gasteiger partial charge in [0.2, 0.25) is 0 Å². The molecule has 1 aromatic heterocycles. The Balaban J connectivity index is 1.84. The maximum Gasteiger partial charge on any atom is 0.394 e. The zero-order valence-electron chi connectivity index (χ0n) is 15.0. The summed E-state index contributed by atoms with van der Waals surface area (Å²) < 4.78 is 1.69. The fourth-order valence-electron chi connectivity index (χ4n) is 3.47. The van der Waals surface area contributed by atoms with E-state index in [2.05, 4.69) is 10.3 Å². The summed E-state index contributed by atoms with van der Waals surface area (Å²) in [5.41, 5.74) is 2.51. The largest absolute Gasteiger partial charge is 0.474 e. The number of nitrogens with one attached hydrogen (secondary N) is 1. The third kappa shape index (κ3) is 3.07. The molecule has 0 fully saturated rings. The summed E-state index contributed by atoms with van der Waals surface area (Å²) in [6, 6.07) is 14.4. The summed E-state index contributed by atoms with van der Waals surface area (Å²) in [5, 5.41) is 11.4. The van der Waals surface area contributed by atoms with E-state index in [1.54, 1.807) is 10.6 Å². The van der Waals surface area contributed by atoms with E-state index < -0.39 is 11.9 Å². The van der Waals surface area contributed by atoms with Crippen LogP contribution in [0.5, 0.6) is 0 Å². The van der Waals surface area contributed by atoms with Gasteiger partial charge in [-0.3, -0.25) is 14.2 Å².